The molecule has 0 fully saturated rings. The van der Waals surface area contributed by atoms with Crippen molar-refractivity contribution in [3.8, 4) is 0 Å². The summed E-state index contributed by atoms with van der Waals surface area (Å²) in [6.45, 7) is 4.03. The maximum Gasteiger partial charge on any atom is 0.185 e. The molecule has 0 saturated carbocycles. The van der Waals surface area contributed by atoms with Crippen molar-refractivity contribution >= 4 is 17.3 Å². The average Bonchev–Trinajstić information content (AvgIpc) is 2.55. The first kappa shape index (κ1) is 8.87. The van der Waals surface area contributed by atoms with Crippen LogP contribution in [0.3, 0.4) is 0 Å². The number of nitrogens with zero attached hydrogens (tertiary/aromatic N) is 3. The van der Waals surface area contributed by atoms with E-state index in [1.165, 1.54) is 0 Å². The first-order valence-electron chi connectivity index (χ1n) is 4.51. The molecule has 0 aromatic carbocycles. The highest BCUT2D eigenvalue weighted by Crippen LogP contribution is 2.18. The predicted octanol–water partition coefficient (Wildman–Crippen LogP) is 1.82. The number of carbonyl (C=O) groups excluding carboxylic acids is 1. The highest BCUT2D eigenvalue weighted by molar-refractivity contribution is 5.82. The van der Waals surface area contributed by atoms with Crippen LogP contribution in [0.1, 0.15) is 30.5 Å². The minimum atomic E-state index is 0.212. The van der Waals surface area contributed by atoms with Gasteiger partial charge in [0.2, 0.25) is 0 Å². The van der Waals surface area contributed by atoms with Crippen LogP contribution >= 0.6 is 0 Å². The number of hydrogen-bond donors (Lipinski definition) is 0. The third-order valence-corrected chi connectivity index (χ3v) is 2.14. The molecule has 0 saturated heterocycles. The zero-order valence-corrected chi connectivity index (χ0v) is 8.14. The Kier molecular flexibility index (Phi) is 2.04. The van der Waals surface area contributed by atoms with Crippen LogP contribution < -0.4 is 0 Å². The molecule has 0 amide bonds. The number of imidazole rings is 1. The second-order valence-electron chi connectivity index (χ2n) is 3.42. The first-order valence-corrected chi connectivity index (χ1v) is 4.51. The Morgan fingerprint density at radius 2 is 2.29 bits per heavy atom. The van der Waals surface area contributed by atoms with Crippen molar-refractivity contribution in [2.24, 2.45) is 0 Å². The van der Waals surface area contributed by atoms with Gasteiger partial charge in [-0.05, 0) is 19.9 Å². The molecule has 14 heavy (non-hydrogen) atoms. The summed E-state index contributed by atoms with van der Waals surface area (Å²) in [5, 5.41) is 0. The number of fused-ring (bicyclic) bond motifs is 1. The molecule has 0 N–H and O–H groups in total. The fraction of sp³-hybridized carbons (Fsp3) is 0.300. The smallest absolute Gasteiger partial charge is 0.185 e. The van der Waals surface area contributed by atoms with Crippen molar-refractivity contribution in [1.29, 1.82) is 0 Å². The Bertz CT molecular complexity index is 473. The summed E-state index contributed by atoms with van der Waals surface area (Å²) < 4.78 is 1.88. The van der Waals surface area contributed by atoms with E-state index in [4.69, 9.17) is 0 Å². The second kappa shape index (κ2) is 3.21. The second-order valence-corrected chi connectivity index (χ2v) is 3.42. The van der Waals surface area contributed by atoms with Gasteiger partial charge in [-0.15, -0.1) is 0 Å². The lowest BCUT2D eigenvalue weighted by Crippen LogP contribution is -2.05. The summed E-state index contributed by atoms with van der Waals surface area (Å²) in [6.07, 6.45) is 4.18. The van der Waals surface area contributed by atoms with Crippen molar-refractivity contribution < 1.29 is 4.79 Å². The third-order valence-electron chi connectivity index (χ3n) is 2.14. The molecule has 4 heteroatoms. The Hall–Kier alpha value is -1.71. The number of hydrogen-bond acceptors (Lipinski definition) is 3. The quantitative estimate of drug-likeness (QED) is 0.677. The van der Waals surface area contributed by atoms with E-state index in [1.54, 1.807) is 18.5 Å². The SMILES string of the molecule is CC(C)n1c(C=O)nc2ccncc21. The van der Waals surface area contributed by atoms with Crippen LogP contribution in [0.4, 0.5) is 0 Å². The lowest BCUT2D eigenvalue weighted by molar-refractivity contribution is 0.111. The fourth-order valence-electron chi connectivity index (χ4n) is 1.59. The van der Waals surface area contributed by atoms with Gasteiger partial charge in [-0.1, -0.05) is 0 Å². The average molecular weight is 189 g/mol. The minimum Gasteiger partial charge on any atom is -0.318 e. The summed E-state index contributed by atoms with van der Waals surface area (Å²) in [7, 11) is 0. The molecular formula is C10H11N3O. The van der Waals surface area contributed by atoms with Crippen LogP contribution in [0.25, 0.3) is 11.0 Å². The molecular weight excluding hydrogens is 178 g/mol. The summed E-state index contributed by atoms with van der Waals surface area (Å²) >= 11 is 0. The molecule has 2 aromatic heterocycles. The van der Waals surface area contributed by atoms with Gasteiger partial charge in [0.25, 0.3) is 0 Å². The van der Waals surface area contributed by atoms with E-state index in [1.807, 2.05) is 18.4 Å². The number of carbonyl (C=O) groups is 1. The maximum absolute atomic E-state index is 10.8. The standard InChI is InChI=1S/C10H11N3O/c1-7(2)13-9-5-11-4-3-8(9)12-10(13)6-14/h3-7H,1-2H3. The van der Waals surface area contributed by atoms with Crippen LogP contribution in [0.15, 0.2) is 18.5 Å². The van der Waals surface area contributed by atoms with Gasteiger partial charge in [0.15, 0.2) is 12.1 Å². The van der Waals surface area contributed by atoms with E-state index in [2.05, 4.69) is 9.97 Å². The Balaban J connectivity index is 2.80. The van der Waals surface area contributed by atoms with Gasteiger partial charge in [-0.3, -0.25) is 9.78 Å². The topological polar surface area (TPSA) is 47.8 Å². The lowest BCUT2D eigenvalue weighted by atomic mass is 10.3. The summed E-state index contributed by atoms with van der Waals surface area (Å²) in [6, 6.07) is 2.02. The largest absolute Gasteiger partial charge is 0.318 e. The molecule has 0 bridgehead atoms. The van der Waals surface area contributed by atoms with E-state index in [-0.39, 0.29) is 6.04 Å². The van der Waals surface area contributed by atoms with E-state index in [0.29, 0.717) is 5.82 Å². The number of aromatic nitrogens is 3. The molecule has 0 unspecified atom stereocenters. The Morgan fingerprint density at radius 1 is 1.50 bits per heavy atom. The van der Waals surface area contributed by atoms with Crippen molar-refractivity contribution in [3.05, 3.63) is 24.3 Å². The number of pyridine rings is 1. The number of aldehydes is 1. The van der Waals surface area contributed by atoms with Crippen molar-refractivity contribution in [3.63, 3.8) is 0 Å². The number of rotatable bonds is 2. The van der Waals surface area contributed by atoms with E-state index < -0.39 is 0 Å². The normalized spacial score (nSPS) is 11.1. The van der Waals surface area contributed by atoms with Crippen LogP contribution in [-0.2, 0) is 0 Å². The lowest BCUT2D eigenvalue weighted by Gasteiger charge is -2.08. The molecule has 0 aliphatic rings. The molecule has 2 heterocycles. The van der Waals surface area contributed by atoms with Gasteiger partial charge in [0.1, 0.15) is 0 Å². The van der Waals surface area contributed by atoms with Gasteiger partial charge < -0.3 is 4.57 Å². The highest BCUT2D eigenvalue weighted by atomic mass is 16.1. The highest BCUT2D eigenvalue weighted by Gasteiger charge is 2.11. The van der Waals surface area contributed by atoms with Gasteiger partial charge >= 0.3 is 0 Å². The molecule has 2 rings (SSSR count). The summed E-state index contributed by atoms with van der Waals surface area (Å²) in [5.74, 6) is 0.461. The fourth-order valence-corrected chi connectivity index (χ4v) is 1.59. The minimum absolute atomic E-state index is 0.212. The van der Waals surface area contributed by atoms with Crippen LogP contribution in [0, 0.1) is 0 Å². The van der Waals surface area contributed by atoms with E-state index >= 15 is 0 Å². The van der Waals surface area contributed by atoms with Gasteiger partial charge in [0.05, 0.1) is 17.2 Å². The zero-order chi connectivity index (χ0) is 10.1. The third kappa shape index (κ3) is 1.19. The van der Waals surface area contributed by atoms with Crippen LogP contribution in [0.2, 0.25) is 0 Å². The molecule has 0 atom stereocenters. The van der Waals surface area contributed by atoms with Crippen LogP contribution in [-0.4, -0.2) is 20.8 Å². The van der Waals surface area contributed by atoms with Crippen LogP contribution in [0.5, 0.6) is 0 Å². The molecule has 0 aliphatic heterocycles. The maximum atomic E-state index is 10.8. The Labute approximate surface area is 81.6 Å². The first-order chi connectivity index (χ1) is 6.74. The van der Waals surface area contributed by atoms with Gasteiger partial charge in [-0.2, -0.15) is 0 Å². The van der Waals surface area contributed by atoms with Gasteiger partial charge in [-0.25, -0.2) is 4.98 Å². The molecule has 4 nitrogen and oxygen atoms in total. The summed E-state index contributed by atoms with van der Waals surface area (Å²) in [5.41, 5.74) is 1.72. The van der Waals surface area contributed by atoms with E-state index in [0.717, 1.165) is 17.3 Å². The molecule has 2 aromatic rings. The summed E-state index contributed by atoms with van der Waals surface area (Å²) in [4.78, 5) is 19.0. The predicted molar refractivity (Wildman–Crippen MR) is 53.3 cm³/mol. The molecule has 0 aliphatic carbocycles. The van der Waals surface area contributed by atoms with Crippen molar-refractivity contribution in [1.82, 2.24) is 14.5 Å². The monoisotopic (exact) mass is 189 g/mol. The molecule has 0 radical (unpaired) electrons. The van der Waals surface area contributed by atoms with E-state index in [9.17, 15) is 4.79 Å². The Morgan fingerprint density at radius 3 is 2.93 bits per heavy atom. The zero-order valence-electron chi connectivity index (χ0n) is 8.14. The van der Waals surface area contributed by atoms with Crippen molar-refractivity contribution in [2.45, 2.75) is 19.9 Å². The van der Waals surface area contributed by atoms with Crippen molar-refractivity contribution in [2.75, 3.05) is 0 Å². The van der Waals surface area contributed by atoms with Gasteiger partial charge in [0, 0.05) is 12.2 Å². The molecule has 72 valence electrons. The molecule has 0 spiro atoms.